The van der Waals surface area contributed by atoms with Gasteiger partial charge in [0.2, 0.25) is 10.0 Å². The molecule has 2 rings (SSSR count). The second kappa shape index (κ2) is 5.51. The van der Waals surface area contributed by atoms with Crippen LogP contribution in [0.1, 0.15) is 11.6 Å². The molecule has 0 aliphatic rings. The van der Waals surface area contributed by atoms with Crippen LogP contribution in [0, 0.1) is 6.92 Å². The number of aromatic amines is 1. The lowest BCUT2D eigenvalue weighted by atomic mass is 10.3. The molecule has 1 aromatic carbocycles. The Morgan fingerprint density at radius 1 is 1.45 bits per heavy atom. The maximum atomic E-state index is 12.5. The number of nitrogen functional groups attached to an aromatic ring is 1. The summed E-state index contributed by atoms with van der Waals surface area (Å²) < 4.78 is 26.8. The molecule has 108 valence electrons. The third kappa shape index (κ3) is 3.00. The molecule has 0 spiro atoms. The molecule has 0 radical (unpaired) electrons. The number of anilines is 1. The van der Waals surface area contributed by atoms with Gasteiger partial charge in [-0.25, -0.2) is 13.4 Å². The van der Waals surface area contributed by atoms with Crippen LogP contribution in [-0.2, 0) is 16.6 Å². The highest BCUT2D eigenvalue weighted by molar-refractivity contribution is 9.10. The number of H-pyrrole nitrogens is 1. The topological polar surface area (TPSA) is 105 Å². The molecule has 0 atom stereocenters. The minimum Gasteiger partial charge on any atom is -0.398 e. The molecular formula is C11H14BrN5O2S. The highest BCUT2D eigenvalue weighted by atomic mass is 79.9. The van der Waals surface area contributed by atoms with E-state index in [1.807, 2.05) is 0 Å². The molecule has 7 nitrogen and oxygen atoms in total. The molecule has 2 aromatic rings. The number of nitrogens with two attached hydrogens (primary N) is 1. The predicted molar refractivity (Wildman–Crippen MR) is 78.3 cm³/mol. The lowest BCUT2D eigenvalue weighted by molar-refractivity contribution is 0.457. The van der Waals surface area contributed by atoms with E-state index >= 15 is 0 Å². The normalized spacial score (nSPS) is 12.0. The van der Waals surface area contributed by atoms with E-state index in [1.54, 1.807) is 19.1 Å². The fourth-order valence-corrected chi connectivity index (χ4v) is 3.42. The molecule has 9 heteroatoms. The number of hydrogen-bond acceptors (Lipinski definition) is 5. The molecule has 0 fully saturated rings. The van der Waals surface area contributed by atoms with E-state index in [4.69, 9.17) is 5.73 Å². The van der Waals surface area contributed by atoms with E-state index in [9.17, 15) is 8.42 Å². The van der Waals surface area contributed by atoms with Crippen LogP contribution in [0.5, 0.6) is 0 Å². The smallest absolute Gasteiger partial charge is 0.245 e. The highest BCUT2D eigenvalue weighted by Gasteiger charge is 2.24. The first-order valence-electron chi connectivity index (χ1n) is 5.70. The van der Waals surface area contributed by atoms with Crippen LogP contribution in [0.15, 0.2) is 27.6 Å². The van der Waals surface area contributed by atoms with E-state index in [1.165, 1.54) is 13.1 Å². The second-order valence-electron chi connectivity index (χ2n) is 4.28. The van der Waals surface area contributed by atoms with Crippen molar-refractivity contribution in [3.05, 3.63) is 34.3 Å². The molecule has 3 N–H and O–H groups in total. The quantitative estimate of drug-likeness (QED) is 0.799. The van der Waals surface area contributed by atoms with Crippen molar-refractivity contribution in [3.63, 3.8) is 0 Å². The van der Waals surface area contributed by atoms with Crippen molar-refractivity contribution in [3.8, 4) is 0 Å². The Bertz CT molecular complexity index is 728. The van der Waals surface area contributed by atoms with Gasteiger partial charge in [-0.15, -0.1) is 0 Å². The summed E-state index contributed by atoms with van der Waals surface area (Å²) in [6.45, 7) is 1.82. The fourth-order valence-electron chi connectivity index (χ4n) is 1.64. The van der Waals surface area contributed by atoms with E-state index in [0.717, 1.165) is 4.31 Å². The van der Waals surface area contributed by atoms with Crippen LogP contribution in [0.25, 0.3) is 0 Å². The number of nitrogens with one attached hydrogen (secondary N) is 1. The van der Waals surface area contributed by atoms with Crippen molar-refractivity contribution in [1.82, 2.24) is 19.5 Å². The predicted octanol–water partition coefficient (Wildman–Crippen LogP) is 1.28. The average Bonchev–Trinajstić information content (AvgIpc) is 2.77. The van der Waals surface area contributed by atoms with Crippen LogP contribution in [0.3, 0.4) is 0 Å². The summed E-state index contributed by atoms with van der Waals surface area (Å²) in [4.78, 5) is 4.14. The van der Waals surface area contributed by atoms with Gasteiger partial charge in [0.1, 0.15) is 10.7 Å². The Morgan fingerprint density at radius 3 is 2.75 bits per heavy atom. The van der Waals surface area contributed by atoms with Gasteiger partial charge in [0.15, 0.2) is 5.82 Å². The zero-order valence-electron chi connectivity index (χ0n) is 11.0. The Balaban J connectivity index is 2.32. The first-order chi connectivity index (χ1) is 9.30. The van der Waals surface area contributed by atoms with Crippen molar-refractivity contribution in [2.24, 2.45) is 0 Å². The standard InChI is InChI=1S/C11H14BrN5O2S/c1-7-14-11(16-15-7)6-17(2)20(18,19)10-5-8(12)3-4-9(10)13/h3-5H,6,13H2,1-2H3,(H,14,15,16). The molecule has 0 saturated carbocycles. The summed E-state index contributed by atoms with van der Waals surface area (Å²) in [6, 6.07) is 4.71. The van der Waals surface area contributed by atoms with Gasteiger partial charge < -0.3 is 5.73 Å². The number of sulfonamides is 1. The van der Waals surface area contributed by atoms with E-state index in [0.29, 0.717) is 16.1 Å². The molecular weight excluding hydrogens is 346 g/mol. The van der Waals surface area contributed by atoms with Crippen LogP contribution < -0.4 is 5.73 Å². The van der Waals surface area contributed by atoms with Crippen molar-refractivity contribution in [2.45, 2.75) is 18.4 Å². The van der Waals surface area contributed by atoms with Crippen LogP contribution in [0.2, 0.25) is 0 Å². The van der Waals surface area contributed by atoms with Crippen molar-refractivity contribution in [2.75, 3.05) is 12.8 Å². The minimum atomic E-state index is -3.70. The number of hydrogen-bond donors (Lipinski definition) is 2. The maximum absolute atomic E-state index is 12.5. The summed E-state index contributed by atoms with van der Waals surface area (Å²) in [5.74, 6) is 1.04. The van der Waals surface area contributed by atoms with Crippen molar-refractivity contribution in [1.29, 1.82) is 0 Å². The van der Waals surface area contributed by atoms with Crippen molar-refractivity contribution >= 4 is 31.6 Å². The van der Waals surface area contributed by atoms with Gasteiger partial charge in [-0.2, -0.15) is 9.40 Å². The van der Waals surface area contributed by atoms with Crippen LogP contribution in [-0.4, -0.2) is 35.0 Å². The number of rotatable bonds is 4. The zero-order valence-corrected chi connectivity index (χ0v) is 13.4. The molecule has 0 bridgehead atoms. The van der Waals surface area contributed by atoms with E-state index < -0.39 is 10.0 Å². The third-order valence-corrected chi connectivity index (χ3v) is 5.02. The minimum absolute atomic E-state index is 0.0571. The summed E-state index contributed by atoms with van der Waals surface area (Å²) in [5, 5.41) is 6.59. The van der Waals surface area contributed by atoms with Gasteiger partial charge >= 0.3 is 0 Å². The van der Waals surface area contributed by atoms with Crippen molar-refractivity contribution < 1.29 is 8.42 Å². The van der Waals surface area contributed by atoms with Gasteiger partial charge in [-0.05, 0) is 25.1 Å². The first kappa shape index (κ1) is 14.9. The number of benzene rings is 1. The monoisotopic (exact) mass is 359 g/mol. The third-order valence-electron chi connectivity index (χ3n) is 2.67. The molecule has 0 amide bonds. The number of aryl methyl sites for hydroxylation is 1. The molecule has 0 aliphatic carbocycles. The zero-order chi connectivity index (χ0) is 14.9. The highest BCUT2D eigenvalue weighted by Crippen LogP contribution is 2.25. The second-order valence-corrected chi connectivity index (χ2v) is 7.21. The summed E-state index contributed by atoms with van der Waals surface area (Å²) in [7, 11) is -2.24. The van der Waals surface area contributed by atoms with Gasteiger partial charge in [0.05, 0.1) is 12.2 Å². The number of aromatic nitrogens is 3. The molecule has 0 aliphatic heterocycles. The van der Waals surface area contributed by atoms with Gasteiger partial charge in [-0.1, -0.05) is 15.9 Å². The van der Waals surface area contributed by atoms with E-state index in [-0.39, 0.29) is 17.1 Å². The maximum Gasteiger partial charge on any atom is 0.245 e. The average molecular weight is 360 g/mol. The molecule has 1 aromatic heterocycles. The molecule has 0 saturated heterocycles. The Hall–Kier alpha value is -1.45. The Morgan fingerprint density at radius 2 is 2.15 bits per heavy atom. The van der Waals surface area contributed by atoms with Gasteiger partial charge in [-0.3, -0.25) is 5.10 Å². The fraction of sp³-hybridized carbons (Fsp3) is 0.273. The summed E-state index contributed by atoms with van der Waals surface area (Å²) >= 11 is 3.24. The Kier molecular flexibility index (Phi) is 4.11. The SMILES string of the molecule is Cc1nc(CN(C)S(=O)(=O)c2cc(Br)ccc2N)n[nH]1. The van der Waals surface area contributed by atoms with Crippen LogP contribution >= 0.6 is 15.9 Å². The lowest BCUT2D eigenvalue weighted by Crippen LogP contribution is -2.27. The Labute approximate surface area is 125 Å². The summed E-state index contributed by atoms with van der Waals surface area (Å²) in [6.07, 6.45) is 0. The molecule has 20 heavy (non-hydrogen) atoms. The van der Waals surface area contributed by atoms with Gasteiger partial charge in [0, 0.05) is 11.5 Å². The summed E-state index contributed by atoms with van der Waals surface area (Å²) in [5.41, 5.74) is 5.95. The van der Waals surface area contributed by atoms with Crippen LogP contribution in [0.4, 0.5) is 5.69 Å². The van der Waals surface area contributed by atoms with Gasteiger partial charge in [0.25, 0.3) is 0 Å². The molecule has 1 heterocycles. The lowest BCUT2D eigenvalue weighted by Gasteiger charge is -2.17. The van der Waals surface area contributed by atoms with E-state index in [2.05, 4.69) is 31.1 Å². The number of halogens is 1. The first-order valence-corrected chi connectivity index (χ1v) is 7.93. The largest absolute Gasteiger partial charge is 0.398 e. The molecule has 0 unspecified atom stereocenters. The number of nitrogens with zero attached hydrogens (tertiary/aromatic N) is 3.